The molecule has 27 heavy (non-hydrogen) atoms. The third-order valence-electron chi connectivity index (χ3n) is 4.53. The molecule has 2 aromatic carbocycles. The quantitative estimate of drug-likeness (QED) is 0.489. The molecular weight excluding hydrogens is 358 g/mol. The largest absolute Gasteiger partial charge is 0.359 e. The fourth-order valence-electron chi connectivity index (χ4n) is 3.13. The van der Waals surface area contributed by atoms with Gasteiger partial charge in [0.05, 0.1) is 16.9 Å². The number of para-hydroxylation sites is 1. The summed E-state index contributed by atoms with van der Waals surface area (Å²) in [6.07, 6.45) is 6.62. The summed E-state index contributed by atoms with van der Waals surface area (Å²) in [6, 6.07) is 15.8. The molecule has 6 heteroatoms. The van der Waals surface area contributed by atoms with Crippen LogP contribution in [0.25, 0.3) is 22.3 Å². The molecule has 2 aromatic heterocycles. The molecule has 0 amide bonds. The molecule has 0 radical (unpaired) electrons. The van der Waals surface area contributed by atoms with E-state index in [0.29, 0.717) is 10.8 Å². The minimum atomic E-state index is 0.649. The summed E-state index contributed by atoms with van der Waals surface area (Å²) >= 11 is 6.38. The van der Waals surface area contributed by atoms with Crippen LogP contribution in [0, 0.1) is 0 Å². The summed E-state index contributed by atoms with van der Waals surface area (Å²) in [5, 5.41) is 1.69. The van der Waals surface area contributed by atoms with Crippen LogP contribution in [0.3, 0.4) is 0 Å². The molecule has 0 saturated heterocycles. The number of nitrogens with zero attached hydrogens (tertiary/aromatic N) is 5. The van der Waals surface area contributed by atoms with Crippen LogP contribution in [-0.2, 0) is 6.54 Å². The van der Waals surface area contributed by atoms with E-state index in [9.17, 15) is 0 Å². The van der Waals surface area contributed by atoms with Gasteiger partial charge in [0.15, 0.2) is 5.82 Å². The fraction of sp³-hybridized carbons (Fsp3) is 0.190. The van der Waals surface area contributed by atoms with Crippen molar-refractivity contribution in [2.24, 2.45) is 0 Å². The summed E-state index contributed by atoms with van der Waals surface area (Å²) < 4.78 is 2.08. The molecule has 2 heterocycles. The molecule has 0 N–H and O–H groups in total. The zero-order valence-corrected chi connectivity index (χ0v) is 15.8. The van der Waals surface area contributed by atoms with Gasteiger partial charge in [0.25, 0.3) is 0 Å². The van der Waals surface area contributed by atoms with Crippen molar-refractivity contribution in [1.29, 1.82) is 0 Å². The molecule has 0 atom stereocenters. The molecule has 0 aliphatic rings. The van der Waals surface area contributed by atoms with Gasteiger partial charge in [-0.3, -0.25) is 0 Å². The maximum atomic E-state index is 6.38. The first-order valence-corrected chi connectivity index (χ1v) is 9.29. The van der Waals surface area contributed by atoms with Gasteiger partial charge in [-0.15, -0.1) is 0 Å². The molecule has 4 rings (SSSR count). The van der Waals surface area contributed by atoms with Gasteiger partial charge in [0.2, 0.25) is 0 Å². The number of benzene rings is 2. The molecule has 0 aliphatic heterocycles. The smallest absolute Gasteiger partial charge is 0.163 e. The van der Waals surface area contributed by atoms with Gasteiger partial charge >= 0.3 is 0 Å². The maximum absolute atomic E-state index is 6.38. The highest BCUT2D eigenvalue weighted by Gasteiger charge is 2.14. The number of anilines is 1. The minimum absolute atomic E-state index is 0.649. The van der Waals surface area contributed by atoms with Gasteiger partial charge in [-0.2, -0.15) is 0 Å². The summed E-state index contributed by atoms with van der Waals surface area (Å²) in [7, 11) is 2.07. The molecule has 5 nitrogen and oxygen atoms in total. The van der Waals surface area contributed by atoms with Crippen molar-refractivity contribution in [2.75, 3.05) is 18.5 Å². The van der Waals surface area contributed by atoms with E-state index < -0.39 is 0 Å². The number of hydrogen-bond donors (Lipinski definition) is 0. The minimum Gasteiger partial charge on any atom is -0.359 e. The predicted molar refractivity (Wildman–Crippen MR) is 110 cm³/mol. The Bertz CT molecular complexity index is 1050. The lowest BCUT2D eigenvalue weighted by atomic mass is 10.1. The molecule has 0 bridgehead atoms. The predicted octanol–water partition coefficient (Wildman–Crippen LogP) is 4.67. The second-order valence-corrected chi connectivity index (χ2v) is 6.85. The van der Waals surface area contributed by atoms with E-state index in [2.05, 4.69) is 27.6 Å². The second kappa shape index (κ2) is 7.76. The molecule has 136 valence electrons. The van der Waals surface area contributed by atoms with E-state index in [1.165, 1.54) is 0 Å². The summed E-state index contributed by atoms with van der Waals surface area (Å²) in [4.78, 5) is 15.9. The average Bonchev–Trinajstić information content (AvgIpc) is 3.21. The third-order valence-corrected chi connectivity index (χ3v) is 4.86. The normalized spacial score (nSPS) is 11.0. The fourth-order valence-corrected chi connectivity index (χ4v) is 3.35. The van der Waals surface area contributed by atoms with Gasteiger partial charge in [0.1, 0.15) is 5.82 Å². The highest BCUT2D eigenvalue weighted by atomic mass is 35.5. The Morgan fingerprint density at radius 3 is 2.67 bits per heavy atom. The first kappa shape index (κ1) is 17.5. The van der Waals surface area contributed by atoms with E-state index in [1.807, 2.05) is 55.0 Å². The molecule has 0 saturated carbocycles. The molecule has 4 aromatic rings. The standard InChI is InChI=1S/C21H20ClN5/c1-26(12-6-13-27-14-11-23-15-27)21-17-8-3-5-10-19(17)24-20(25-21)16-7-2-4-9-18(16)22/h2-5,7-11,14-15H,6,12-13H2,1H3. The van der Waals surface area contributed by atoms with E-state index in [4.69, 9.17) is 21.6 Å². The van der Waals surface area contributed by atoms with Crippen LogP contribution in [0.5, 0.6) is 0 Å². The lowest BCUT2D eigenvalue weighted by Crippen LogP contribution is -2.21. The number of rotatable bonds is 6. The van der Waals surface area contributed by atoms with Gasteiger partial charge in [-0.1, -0.05) is 35.9 Å². The number of hydrogen-bond acceptors (Lipinski definition) is 4. The Kier molecular flexibility index (Phi) is 5.03. The Balaban J connectivity index is 1.67. The van der Waals surface area contributed by atoms with Crippen LogP contribution < -0.4 is 4.90 Å². The number of imidazole rings is 1. The Morgan fingerprint density at radius 2 is 1.85 bits per heavy atom. The zero-order chi connectivity index (χ0) is 18.6. The van der Waals surface area contributed by atoms with E-state index in [-0.39, 0.29) is 0 Å². The highest BCUT2D eigenvalue weighted by Crippen LogP contribution is 2.30. The number of aryl methyl sites for hydroxylation is 1. The van der Waals surface area contributed by atoms with E-state index >= 15 is 0 Å². The maximum Gasteiger partial charge on any atom is 0.163 e. The van der Waals surface area contributed by atoms with Crippen molar-refractivity contribution in [3.8, 4) is 11.4 Å². The molecule has 0 unspecified atom stereocenters. The van der Waals surface area contributed by atoms with Gasteiger partial charge in [-0.05, 0) is 30.7 Å². The van der Waals surface area contributed by atoms with Gasteiger partial charge in [0, 0.05) is 43.5 Å². The van der Waals surface area contributed by atoms with Crippen LogP contribution >= 0.6 is 11.6 Å². The first-order chi connectivity index (χ1) is 13.2. The molecule has 0 fully saturated rings. The van der Waals surface area contributed by atoms with Crippen molar-refractivity contribution in [1.82, 2.24) is 19.5 Å². The Morgan fingerprint density at radius 1 is 1.04 bits per heavy atom. The summed E-state index contributed by atoms with van der Waals surface area (Å²) in [6.45, 7) is 1.80. The van der Waals surface area contributed by atoms with Crippen LogP contribution in [0.15, 0.2) is 67.3 Å². The highest BCUT2D eigenvalue weighted by molar-refractivity contribution is 6.33. The summed E-state index contributed by atoms with van der Waals surface area (Å²) in [5.74, 6) is 1.57. The molecule has 0 spiro atoms. The third kappa shape index (κ3) is 3.78. The number of fused-ring (bicyclic) bond motifs is 1. The molecule has 0 aliphatic carbocycles. The lowest BCUT2D eigenvalue weighted by Gasteiger charge is -2.21. The van der Waals surface area contributed by atoms with Crippen molar-refractivity contribution in [2.45, 2.75) is 13.0 Å². The van der Waals surface area contributed by atoms with Crippen molar-refractivity contribution in [3.63, 3.8) is 0 Å². The van der Waals surface area contributed by atoms with E-state index in [0.717, 1.165) is 41.8 Å². The number of aromatic nitrogens is 4. The topological polar surface area (TPSA) is 46.8 Å². The van der Waals surface area contributed by atoms with Crippen LogP contribution in [0.1, 0.15) is 6.42 Å². The van der Waals surface area contributed by atoms with Gasteiger partial charge in [-0.25, -0.2) is 15.0 Å². The van der Waals surface area contributed by atoms with Crippen LogP contribution in [0.4, 0.5) is 5.82 Å². The first-order valence-electron chi connectivity index (χ1n) is 8.91. The van der Waals surface area contributed by atoms with Crippen LogP contribution in [0.2, 0.25) is 5.02 Å². The Labute approximate surface area is 163 Å². The zero-order valence-electron chi connectivity index (χ0n) is 15.1. The van der Waals surface area contributed by atoms with Gasteiger partial charge < -0.3 is 9.47 Å². The molecular formula is C21H20ClN5. The Hall–Kier alpha value is -2.92. The number of halogens is 1. The van der Waals surface area contributed by atoms with Crippen molar-refractivity contribution >= 4 is 28.3 Å². The van der Waals surface area contributed by atoms with Crippen molar-refractivity contribution < 1.29 is 0 Å². The summed E-state index contributed by atoms with van der Waals surface area (Å²) in [5.41, 5.74) is 1.76. The van der Waals surface area contributed by atoms with E-state index in [1.54, 1.807) is 6.20 Å². The van der Waals surface area contributed by atoms with Crippen LogP contribution in [-0.4, -0.2) is 33.1 Å². The monoisotopic (exact) mass is 377 g/mol. The SMILES string of the molecule is CN(CCCn1ccnc1)c1nc(-c2ccccc2Cl)nc2ccccc12. The second-order valence-electron chi connectivity index (χ2n) is 6.44. The van der Waals surface area contributed by atoms with Crippen molar-refractivity contribution in [3.05, 3.63) is 72.3 Å². The lowest BCUT2D eigenvalue weighted by molar-refractivity contribution is 0.636. The average molecular weight is 378 g/mol.